The van der Waals surface area contributed by atoms with Crippen LogP contribution in [0.2, 0.25) is 0 Å². The molecule has 1 atom stereocenters. The molecular weight excluding hydrogens is 442 g/mol. The molecule has 1 aliphatic heterocycles. The van der Waals surface area contributed by atoms with Gasteiger partial charge >= 0.3 is 0 Å². The van der Waals surface area contributed by atoms with Gasteiger partial charge in [0.25, 0.3) is 0 Å². The van der Waals surface area contributed by atoms with Crippen molar-refractivity contribution < 1.29 is 19.1 Å². The van der Waals surface area contributed by atoms with Crippen LogP contribution in [0.25, 0.3) is 5.69 Å². The first-order valence-electron chi connectivity index (χ1n) is 11.9. The van der Waals surface area contributed by atoms with Gasteiger partial charge in [-0.3, -0.25) is 14.5 Å². The van der Waals surface area contributed by atoms with Crippen molar-refractivity contribution in [3.63, 3.8) is 0 Å². The molecule has 2 amide bonds. The molecule has 1 aliphatic rings. The number of ether oxygens (including phenoxy) is 2. The summed E-state index contributed by atoms with van der Waals surface area (Å²) in [6.45, 7) is 7.56. The third kappa shape index (κ3) is 4.38. The summed E-state index contributed by atoms with van der Waals surface area (Å²) in [4.78, 5) is 30.5. The summed E-state index contributed by atoms with van der Waals surface area (Å²) in [5.41, 5.74) is 3.41. The second-order valence-corrected chi connectivity index (χ2v) is 9.28. The van der Waals surface area contributed by atoms with Crippen LogP contribution in [0.15, 0.2) is 60.8 Å². The number of aromatic nitrogens is 1. The molecule has 1 unspecified atom stereocenters. The number of methoxy groups -OCH3 is 2. The first kappa shape index (κ1) is 24.4. The van der Waals surface area contributed by atoms with Crippen molar-refractivity contribution in [2.24, 2.45) is 5.92 Å². The van der Waals surface area contributed by atoms with Crippen LogP contribution in [-0.4, -0.2) is 48.1 Å². The maximum atomic E-state index is 14.1. The number of anilines is 1. The first-order chi connectivity index (χ1) is 16.8. The molecule has 4 rings (SSSR count). The molecule has 2 heterocycles. The highest BCUT2D eigenvalue weighted by atomic mass is 16.5. The Morgan fingerprint density at radius 1 is 0.943 bits per heavy atom. The normalized spacial score (nSPS) is 14.5. The van der Waals surface area contributed by atoms with Crippen LogP contribution in [0, 0.1) is 5.92 Å². The van der Waals surface area contributed by atoms with Crippen molar-refractivity contribution >= 4 is 17.5 Å². The van der Waals surface area contributed by atoms with E-state index in [0.717, 1.165) is 22.6 Å². The third-order valence-corrected chi connectivity index (χ3v) is 6.43. The Bertz CT molecular complexity index is 1230. The maximum Gasteiger partial charge on any atom is 0.247 e. The third-order valence-electron chi connectivity index (χ3n) is 6.43. The van der Waals surface area contributed by atoms with Gasteiger partial charge in [0.05, 0.1) is 31.3 Å². The van der Waals surface area contributed by atoms with E-state index in [0.29, 0.717) is 11.5 Å². The highest BCUT2D eigenvalue weighted by Gasteiger charge is 2.39. The smallest absolute Gasteiger partial charge is 0.247 e. The van der Waals surface area contributed by atoms with Crippen molar-refractivity contribution in [1.82, 2.24) is 9.47 Å². The second-order valence-electron chi connectivity index (χ2n) is 9.28. The summed E-state index contributed by atoms with van der Waals surface area (Å²) in [5.74, 6) is 0.911. The maximum absolute atomic E-state index is 14.1. The van der Waals surface area contributed by atoms with E-state index in [1.165, 1.54) is 0 Å². The van der Waals surface area contributed by atoms with Gasteiger partial charge in [-0.25, -0.2) is 0 Å². The molecule has 1 aromatic heterocycles. The predicted octanol–water partition coefficient (Wildman–Crippen LogP) is 4.82. The fourth-order valence-electron chi connectivity index (χ4n) is 4.68. The zero-order chi connectivity index (χ0) is 25.3. The lowest BCUT2D eigenvalue weighted by molar-refractivity contribution is -0.139. The predicted molar refractivity (Wildman–Crippen MR) is 136 cm³/mol. The van der Waals surface area contributed by atoms with Gasteiger partial charge in [-0.1, -0.05) is 26.0 Å². The van der Waals surface area contributed by atoms with Gasteiger partial charge in [-0.2, -0.15) is 0 Å². The molecule has 0 aliphatic carbocycles. The van der Waals surface area contributed by atoms with Gasteiger partial charge in [-0.05, 0) is 56.3 Å². The molecular formula is C28H33N3O4. The van der Waals surface area contributed by atoms with Crippen LogP contribution in [0.3, 0.4) is 0 Å². The highest BCUT2D eigenvalue weighted by Crippen LogP contribution is 2.45. The zero-order valence-corrected chi connectivity index (χ0v) is 21.2. The van der Waals surface area contributed by atoms with E-state index in [2.05, 4.69) is 4.57 Å². The minimum atomic E-state index is -0.472. The molecule has 7 nitrogen and oxygen atoms in total. The molecule has 0 saturated heterocycles. The standard InChI is InChI=1S/C28H33N3O4/c1-18(2)28(33)30(19(3)4)17-26(32)31-23-11-8-7-10-22(23)29-15-9-12-24(29)27(31)21-16-20(34-5)13-14-25(21)35-6/h7-16,18-19,27H,17H2,1-6H3. The van der Waals surface area contributed by atoms with Gasteiger partial charge in [0.15, 0.2) is 0 Å². The average Bonchev–Trinajstić information content (AvgIpc) is 3.35. The SMILES string of the molecule is COc1ccc(OC)c(C2c3cccn3-c3ccccc3N2C(=O)CN(C(=O)C(C)C)C(C)C)c1. The quantitative estimate of drug-likeness (QED) is 0.491. The number of fused-ring (bicyclic) bond motifs is 3. The van der Waals surface area contributed by atoms with Crippen LogP contribution in [0.1, 0.15) is 45.0 Å². The summed E-state index contributed by atoms with van der Waals surface area (Å²) in [5, 5.41) is 0. The van der Waals surface area contributed by atoms with E-state index in [-0.39, 0.29) is 30.3 Å². The van der Waals surface area contributed by atoms with E-state index < -0.39 is 6.04 Å². The van der Waals surface area contributed by atoms with Crippen LogP contribution in [0.4, 0.5) is 5.69 Å². The number of amides is 2. The molecule has 0 saturated carbocycles. The summed E-state index contributed by atoms with van der Waals surface area (Å²) in [7, 11) is 3.24. The number of nitrogens with zero attached hydrogens (tertiary/aromatic N) is 3. The van der Waals surface area contributed by atoms with Crippen LogP contribution >= 0.6 is 0 Å². The Hall–Kier alpha value is -3.74. The summed E-state index contributed by atoms with van der Waals surface area (Å²) < 4.78 is 13.3. The Labute approximate surface area is 206 Å². The number of para-hydroxylation sites is 2. The van der Waals surface area contributed by atoms with Crippen LogP contribution in [0.5, 0.6) is 11.5 Å². The van der Waals surface area contributed by atoms with Crippen LogP contribution < -0.4 is 14.4 Å². The Kier molecular flexibility index (Phi) is 6.87. The van der Waals surface area contributed by atoms with E-state index in [4.69, 9.17) is 9.47 Å². The van der Waals surface area contributed by atoms with Gasteiger partial charge in [0.2, 0.25) is 11.8 Å². The summed E-state index contributed by atoms with van der Waals surface area (Å²) in [6.07, 6.45) is 2.00. The van der Waals surface area contributed by atoms with E-state index in [1.54, 1.807) is 24.0 Å². The lowest BCUT2D eigenvalue weighted by Crippen LogP contribution is -2.49. The molecule has 2 aromatic carbocycles. The Balaban J connectivity index is 1.89. The number of hydrogen-bond donors (Lipinski definition) is 0. The van der Waals surface area contributed by atoms with Crippen LogP contribution in [-0.2, 0) is 9.59 Å². The van der Waals surface area contributed by atoms with Crippen molar-refractivity contribution in [2.45, 2.75) is 39.8 Å². The number of carbonyl (C=O) groups excluding carboxylic acids is 2. The number of benzene rings is 2. The fraction of sp³-hybridized carbons (Fsp3) is 0.357. The first-order valence-corrected chi connectivity index (χ1v) is 11.9. The topological polar surface area (TPSA) is 64.0 Å². The summed E-state index contributed by atoms with van der Waals surface area (Å²) >= 11 is 0. The van der Waals surface area contributed by atoms with Crippen molar-refractivity contribution in [3.8, 4) is 17.2 Å². The summed E-state index contributed by atoms with van der Waals surface area (Å²) in [6, 6.07) is 16.8. The van der Waals surface area contributed by atoms with E-state index in [1.807, 2.05) is 88.5 Å². The monoisotopic (exact) mass is 475 g/mol. The minimum absolute atomic E-state index is 0.0213. The fourth-order valence-corrected chi connectivity index (χ4v) is 4.68. The highest BCUT2D eigenvalue weighted by molar-refractivity contribution is 6.00. The molecule has 184 valence electrons. The van der Waals surface area contributed by atoms with Gasteiger partial charge in [0, 0.05) is 23.7 Å². The largest absolute Gasteiger partial charge is 0.497 e. The lowest BCUT2D eigenvalue weighted by atomic mass is 9.96. The molecule has 7 heteroatoms. The van der Waals surface area contributed by atoms with Crippen molar-refractivity contribution in [2.75, 3.05) is 25.7 Å². The second kappa shape index (κ2) is 9.86. The van der Waals surface area contributed by atoms with Gasteiger partial charge in [0.1, 0.15) is 24.1 Å². The number of carbonyl (C=O) groups is 2. The molecule has 0 spiro atoms. The number of hydrogen-bond acceptors (Lipinski definition) is 4. The molecule has 0 radical (unpaired) electrons. The molecule has 0 N–H and O–H groups in total. The molecule has 0 fully saturated rings. The van der Waals surface area contributed by atoms with Crippen molar-refractivity contribution in [1.29, 1.82) is 0 Å². The minimum Gasteiger partial charge on any atom is -0.497 e. The average molecular weight is 476 g/mol. The Morgan fingerprint density at radius 2 is 1.66 bits per heavy atom. The molecule has 3 aromatic rings. The van der Waals surface area contributed by atoms with Gasteiger partial charge < -0.3 is 18.9 Å². The lowest BCUT2D eigenvalue weighted by Gasteiger charge is -2.40. The Morgan fingerprint density at radius 3 is 2.29 bits per heavy atom. The van der Waals surface area contributed by atoms with E-state index >= 15 is 0 Å². The number of rotatable bonds is 7. The van der Waals surface area contributed by atoms with Gasteiger partial charge in [-0.15, -0.1) is 0 Å². The van der Waals surface area contributed by atoms with E-state index in [9.17, 15) is 9.59 Å². The zero-order valence-electron chi connectivity index (χ0n) is 21.2. The van der Waals surface area contributed by atoms with Crippen molar-refractivity contribution in [3.05, 3.63) is 72.1 Å². The molecule has 35 heavy (non-hydrogen) atoms. The molecule has 0 bridgehead atoms.